The molecular weight excluding hydrogens is 313 g/mol. The average molecular weight is 327 g/mol. The summed E-state index contributed by atoms with van der Waals surface area (Å²) in [5, 5.41) is 3.16. The molecule has 4 nitrogen and oxygen atoms in total. The van der Waals surface area contributed by atoms with E-state index in [1.54, 1.807) is 23.8 Å². The number of anilines is 2. The van der Waals surface area contributed by atoms with Crippen molar-refractivity contribution in [2.75, 3.05) is 11.6 Å². The minimum Gasteiger partial charge on any atom is -0.612 e. The molecule has 0 amide bonds. The second kappa shape index (κ2) is 6.52. The highest BCUT2D eigenvalue weighted by Gasteiger charge is 2.07. The van der Waals surface area contributed by atoms with Crippen molar-refractivity contribution in [3.8, 4) is 10.6 Å². The molecule has 0 fully saturated rings. The highest BCUT2D eigenvalue weighted by Crippen LogP contribution is 2.23. The van der Waals surface area contributed by atoms with Crippen LogP contribution in [0.5, 0.6) is 0 Å². The number of nitrogens with zero attached hydrogens (tertiary/aromatic N) is 2. The lowest BCUT2D eigenvalue weighted by Gasteiger charge is -2.08. The predicted octanol–water partition coefficient (Wildman–Crippen LogP) is 1.94. The summed E-state index contributed by atoms with van der Waals surface area (Å²) in [7, 11) is 2.07. The number of rotatable bonds is 4. The Morgan fingerprint density at radius 3 is 2.82 bits per heavy atom. The van der Waals surface area contributed by atoms with Gasteiger partial charge in [0.2, 0.25) is 5.95 Å². The average Bonchev–Trinajstić information content (AvgIpc) is 2.94. The quantitative estimate of drug-likeness (QED) is 0.588. The van der Waals surface area contributed by atoms with Crippen LogP contribution in [0.2, 0.25) is 0 Å². The van der Waals surface area contributed by atoms with Crippen molar-refractivity contribution in [1.82, 2.24) is 9.97 Å². The van der Waals surface area contributed by atoms with Crippen LogP contribution in [0.25, 0.3) is 10.6 Å². The number of hydrogen-bond donors (Lipinski definition) is 1. The molecule has 22 heavy (non-hydrogen) atoms. The zero-order valence-electron chi connectivity index (χ0n) is 12.2. The highest BCUT2D eigenvalue weighted by atomic mass is 32.2. The van der Waals surface area contributed by atoms with Crippen LogP contribution in [0.3, 0.4) is 0 Å². The van der Waals surface area contributed by atoms with Crippen molar-refractivity contribution in [3.63, 3.8) is 0 Å². The van der Waals surface area contributed by atoms with Crippen molar-refractivity contribution in [2.24, 2.45) is 0 Å². The largest absolute Gasteiger partial charge is 0.612 e. The summed E-state index contributed by atoms with van der Waals surface area (Å²) in [5.74, 6) is 0.530. The summed E-state index contributed by atoms with van der Waals surface area (Å²) < 4.78 is 12.8. The molecule has 1 atom stereocenters. The first kappa shape index (κ1) is 15.1. The Hall–Kier alpha value is -1.83. The minimum absolute atomic E-state index is 0.530. The number of nitrogens with one attached hydrogen (secondary N) is 1. The second-order valence-corrected chi connectivity index (χ2v) is 7.45. The molecule has 1 N–H and O–H groups in total. The number of benzene rings is 1. The van der Waals surface area contributed by atoms with Gasteiger partial charge in [-0.1, -0.05) is 12.1 Å². The van der Waals surface area contributed by atoms with Gasteiger partial charge in [-0.05, 0) is 40.2 Å². The van der Waals surface area contributed by atoms with Crippen LogP contribution in [0.4, 0.5) is 11.6 Å². The van der Waals surface area contributed by atoms with Crippen molar-refractivity contribution in [3.05, 3.63) is 48.7 Å². The summed E-state index contributed by atoms with van der Waals surface area (Å²) in [6, 6.07) is 13.5. The van der Waals surface area contributed by atoms with Crippen molar-refractivity contribution in [2.45, 2.75) is 4.90 Å². The van der Waals surface area contributed by atoms with E-state index in [-0.39, 0.29) is 0 Å². The third-order valence-electron chi connectivity index (χ3n) is 3.07. The summed E-state index contributed by atoms with van der Waals surface area (Å²) in [6.07, 6.45) is 3.40. The third-order valence-corrected chi connectivity index (χ3v) is 5.01. The maximum absolute atomic E-state index is 11.5. The van der Waals surface area contributed by atoms with E-state index in [0.717, 1.165) is 21.2 Å². The van der Waals surface area contributed by atoms with Gasteiger partial charge in [0.25, 0.3) is 0 Å². The molecule has 2 heterocycles. The Labute approximate surface area is 137 Å². The molecule has 0 aliphatic carbocycles. The molecule has 110 valence electrons. The topological polar surface area (TPSA) is 60.9 Å². The van der Waals surface area contributed by atoms with Crippen molar-refractivity contribution < 1.29 is 4.55 Å². The Kier molecular flexibility index (Phi) is 4.47. The number of hydrogen-bond acceptors (Lipinski definition) is 5. The van der Waals surface area contributed by atoms with Gasteiger partial charge in [0.05, 0.1) is 10.6 Å². The molecule has 2 aromatic heterocycles. The predicted molar refractivity (Wildman–Crippen MR) is 95.6 cm³/mol. The fraction of sp³-hybridized carbons (Fsp3) is 0.0667. The van der Waals surface area contributed by atoms with Crippen LogP contribution >= 0.6 is 11.3 Å². The maximum Gasteiger partial charge on any atom is 0.227 e. The van der Waals surface area contributed by atoms with Crippen LogP contribution in [0.15, 0.2) is 53.6 Å². The molecule has 0 saturated carbocycles. The molecule has 7 heteroatoms. The zero-order valence-corrected chi connectivity index (χ0v) is 13.9. The zero-order chi connectivity index (χ0) is 15.5. The van der Waals surface area contributed by atoms with E-state index in [2.05, 4.69) is 35.3 Å². The minimum atomic E-state index is -1.01. The molecule has 0 saturated heterocycles. The molecule has 3 rings (SSSR count). The second-order valence-electron chi connectivity index (χ2n) is 4.78. The van der Waals surface area contributed by atoms with Gasteiger partial charge in [-0.25, -0.2) is 9.97 Å². The van der Waals surface area contributed by atoms with Crippen LogP contribution in [0.1, 0.15) is 0 Å². The first-order valence-electron chi connectivity index (χ1n) is 6.72. The molecular formula is C15H14BN3OS2. The SMILES string of the molecule is Bc1ccc(-c2ccnc(Nc3cccc([S+](C)[O-])c3)n2)s1. The third kappa shape index (κ3) is 3.49. The first-order chi connectivity index (χ1) is 10.6. The Balaban J connectivity index is 1.85. The van der Waals surface area contributed by atoms with Crippen LogP contribution in [0, 0.1) is 0 Å². The highest BCUT2D eigenvalue weighted by molar-refractivity contribution is 7.90. The van der Waals surface area contributed by atoms with Crippen LogP contribution < -0.4 is 10.1 Å². The number of aromatic nitrogens is 2. The Bertz CT molecular complexity index is 792. The van der Waals surface area contributed by atoms with E-state index in [9.17, 15) is 4.55 Å². The molecule has 1 aromatic carbocycles. The summed E-state index contributed by atoms with van der Waals surface area (Å²) in [5.41, 5.74) is 1.72. The van der Waals surface area contributed by atoms with Gasteiger partial charge in [0, 0.05) is 18.0 Å². The van der Waals surface area contributed by atoms with Crippen molar-refractivity contribution >= 4 is 46.8 Å². The molecule has 3 aromatic rings. The van der Waals surface area contributed by atoms with Gasteiger partial charge in [-0.3, -0.25) is 0 Å². The van der Waals surface area contributed by atoms with Gasteiger partial charge in [0.15, 0.2) is 12.7 Å². The Morgan fingerprint density at radius 2 is 2.09 bits per heavy atom. The number of thiophene rings is 1. The fourth-order valence-corrected chi connectivity index (χ4v) is 3.41. The fourth-order valence-electron chi connectivity index (χ4n) is 2.01. The van der Waals surface area contributed by atoms with Crippen LogP contribution in [-0.4, -0.2) is 28.6 Å². The lowest BCUT2D eigenvalue weighted by Crippen LogP contribution is -2.00. The van der Waals surface area contributed by atoms with E-state index >= 15 is 0 Å². The van der Waals surface area contributed by atoms with E-state index in [1.165, 1.54) is 4.78 Å². The molecule has 1 unspecified atom stereocenters. The normalized spacial score (nSPS) is 12.1. The molecule has 0 spiro atoms. The summed E-state index contributed by atoms with van der Waals surface area (Å²) in [6.45, 7) is 0. The van der Waals surface area contributed by atoms with E-state index in [0.29, 0.717) is 5.95 Å². The van der Waals surface area contributed by atoms with Crippen molar-refractivity contribution in [1.29, 1.82) is 0 Å². The smallest absolute Gasteiger partial charge is 0.227 e. The lowest BCUT2D eigenvalue weighted by atomic mass is 10.1. The summed E-state index contributed by atoms with van der Waals surface area (Å²) in [4.78, 5) is 10.7. The van der Waals surface area contributed by atoms with Gasteiger partial charge in [-0.15, -0.1) is 11.3 Å². The van der Waals surface area contributed by atoms with Gasteiger partial charge < -0.3 is 9.87 Å². The maximum atomic E-state index is 11.5. The first-order valence-corrected chi connectivity index (χ1v) is 9.09. The van der Waals surface area contributed by atoms with E-state index in [1.807, 2.05) is 30.3 Å². The van der Waals surface area contributed by atoms with Gasteiger partial charge in [0.1, 0.15) is 6.26 Å². The lowest BCUT2D eigenvalue weighted by molar-refractivity contribution is 0.601. The summed E-state index contributed by atoms with van der Waals surface area (Å²) >= 11 is 0.696. The molecule has 0 radical (unpaired) electrons. The Morgan fingerprint density at radius 1 is 1.23 bits per heavy atom. The van der Waals surface area contributed by atoms with Crippen LogP contribution in [-0.2, 0) is 11.2 Å². The molecule has 0 aliphatic rings. The van der Waals surface area contributed by atoms with Gasteiger partial charge in [-0.2, -0.15) is 0 Å². The monoisotopic (exact) mass is 327 g/mol. The van der Waals surface area contributed by atoms with E-state index < -0.39 is 11.2 Å². The standard InChI is InChI=1S/C15H14BN3OS2/c1-22(20)11-4-2-3-10(9-11)18-15-17-8-7-12(19-15)13-5-6-14(16)21-13/h2-9H,16H2,1H3,(H,17,18,19). The van der Waals surface area contributed by atoms with E-state index in [4.69, 9.17) is 0 Å². The molecule has 0 aliphatic heterocycles. The van der Waals surface area contributed by atoms with Gasteiger partial charge >= 0.3 is 0 Å². The molecule has 0 bridgehead atoms.